The molecule has 0 spiro atoms. The Labute approximate surface area is 120 Å². The molecule has 0 atom stereocenters. The number of hydrogen-bond donors (Lipinski definition) is 3. The molecule has 0 fully saturated rings. The van der Waals surface area contributed by atoms with Crippen LogP contribution in [0.1, 0.15) is 29.8 Å². The fraction of sp³-hybridized carbons (Fsp3) is 0.462. The third-order valence-electron chi connectivity index (χ3n) is 2.81. The van der Waals surface area contributed by atoms with Crippen molar-refractivity contribution in [3.63, 3.8) is 0 Å². The summed E-state index contributed by atoms with van der Waals surface area (Å²) in [6.07, 6.45) is 3.17. The van der Waals surface area contributed by atoms with Crippen molar-refractivity contribution in [2.45, 2.75) is 25.7 Å². The Hall–Kier alpha value is -1.73. The maximum atomic E-state index is 11.9. The van der Waals surface area contributed by atoms with Gasteiger partial charge in [0.2, 0.25) is 5.95 Å². The number of hydrogen-bond acceptors (Lipinski definition) is 6. The van der Waals surface area contributed by atoms with Crippen molar-refractivity contribution >= 4 is 17.3 Å². The minimum Gasteiger partial charge on any atom is -0.396 e. The number of thiophene rings is 1. The SMILES string of the molecule is O=c1[nH]c(NCCCCCO)nnc1Cc1cccs1. The Morgan fingerprint density at radius 2 is 2.20 bits per heavy atom. The highest BCUT2D eigenvalue weighted by Gasteiger charge is 2.06. The van der Waals surface area contributed by atoms with Crippen LogP contribution in [-0.2, 0) is 6.42 Å². The van der Waals surface area contributed by atoms with Crippen molar-refractivity contribution < 1.29 is 5.11 Å². The van der Waals surface area contributed by atoms with Crippen LogP contribution in [0.25, 0.3) is 0 Å². The molecule has 0 amide bonds. The third-order valence-corrected chi connectivity index (χ3v) is 3.69. The number of aromatic amines is 1. The van der Waals surface area contributed by atoms with Crippen molar-refractivity contribution in [3.8, 4) is 0 Å². The van der Waals surface area contributed by atoms with Gasteiger partial charge in [0.15, 0.2) is 0 Å². The Morgan fingerprint density at radius 1 is 1.30 bits per heavy atom. The van der Waals surface area contributed by atoms with E-state index in [9.17, 15) is 4.79 Å². The highest BCUT2D eigenvalue weighted by Crippen LogP contribution is 2.11. The maximum absolute atomic E-state index is 11.9. The predicted octanol–water partition coefficient (Wildman–Crippen LogP) is 1.39. The van der Waals surface area contributed by atoms with E-state index < -0.39 is 0 Å². The Morgan fingerprint density at radius 3 is 2.90 bits per heavy atom. The standard InChI is InChI=1S/C13H18N4O2S/c18-7-3-1-2-6-14-13-15-12(19)11(16-17-13)9-10-5-4-8-20-10/h4-5,8,18H,1-3,6-7,9H2,(H2,14,15,17,19). The number of aromatic nitrogens is 3. The van der Waals surface area contributed by atoms with Gasteiger partial charge >= 0.3 is 0 Å². The zero-order valence-corrected chi connectivity index (χ0v) is 11.9. The Bertz CT molecular complexity index is 568. The van der Waals surface area contributed by atoms with Crippen LogP contribution in [0.2, 0.25) is 0 Å². The van der Waals surface area contributed by atoms with Gasteiger partial charge in [-0.25, -0.2) is 0 Å². The summed E-state index contributed by atoms with van der Waals surface area (Å²) in [7, 11) is 0. The number of aliphatic hydroxyl groups excluding tert-OH is 1. The molecule has 0 aromatic carbocycles. The number of anilines is 1. The van der Waals surface area contributed by atoms with Gasteiger partial charge in [0.25, 0.3) is 5.56 Å². The molecule has 3 N–H and O–H groups in total. The molecule has 0 bridgehead atoms. The van der Waals surface area contributed by atoms with Gasteiger partial charge in [-0.2, -0.15) is 0 Å². The van der Waals surface area contributed by atoms with E-state index in [1.807, 2.05) is 17.5 Å². The van der Waals surface area contributed by atoms with Gasteiger partial charge in [-0.15, -0.1) is 21.5 Å². The van der Waals surface area contributed by atoms with E-state index in [-0.39, 0.29) is 12.2 Å². The summed E-state index contributed by atoms with van der Waals surface area (Å²) >= 11 is 1.60. The van der Waals surface area contributed by atoms with E-state index in [1.54, 1.807) is 11.3 Å². The van der Waals surface area contributed by atoms with Crippen molar-refractivity contribution in [1.29, 1.82) is 0 Å². The van der Waals surface area contributed by atoms with E-state index in [4.69, 9.17) is 5.11 Å². The zero-order valence-electron chi connectivity index (χ0n) is 11.1. The lowest BCUT2D eigenvalue weighted by Crippen LogP contribution is -2.20. The molecule has 0 unspecified atom stereocenters. The third kappa shape index (κ3) is 4.43. The highest BCUT2D eigenvalue weighted by atomic mass is 32.1. The van der Waals surface area contributed by atoms with Crippen molar-refractivity contribution in [1.82, 2.24) is 15.2 Å². The number of aliphatic hydroxyl groups is 1. The van der Waals surface area contributed by atoms with Gasteiger partial charge in [0.05, 0.1) is 0 Å². The molecule has 7 heteroatoms. The predicted molar refractivity (Wildman–Crippen MR) is 79.2 cm³/mol. The lowest BCUT2D eigenvalue weighted by atomic mass is 10.2. The summed E-state index contributed by atoms with van der Waals surface area (Å²) in [5.74, 6) is 0.397. The van der Waals surface area contributed by atoms with Crippen LogP contribution in [0.3, 0.4) is 0 Å². The van der Waals surface area contributed by atoms with E-state index in [1.165, 1.54) is 0 Å². The summed E-state index contributed by atoms with van der Waals surface area (Å²) in [4.78, 5) is 15.7. The first-order chi connectivity index (χ1) is 9.79. The van der Waals surface area contributed by atoms with Gasteiger partial charge in [-0.3, -0.25) is 9.78 Å². The van der Waals surface area contributed by atoms with Gasteiger partial charge in [0, 0.05) is 24.4 Å². The van der Waals surface area contributed by atoms with Crippen LogP contribution in [0.15, 0.2) is 22.3 Å². The number of rotatable bonds is 8. The monoisotopic (exact) mass is 294 g/mol. The normalized spacial score (nSPS) is 10.7. The molecule has 0 saturated heterocycles. The lowest BCUT2D eigenvalue weighted by Gasteiger charge is -2.04. The summed E-state index contributed by atoms with van der Waals surface area (Å²) < 4.78 is 0. The van der Waals surface area contributed by atoms with Gasteiger partial charge in [0.1, 0.15) is 5.69 Å². The molecule has 2 heterocycles. The Balaban J connectivity index is 1.87. The summed E-state index contributed by atoms with van der Waals surface area (Å²) in [6.45, 7) is 0.920. The smallest absolute Gasteiger partial charge is 0.274 e. The highest BCUT2D eigenvalue weighted by molar-refractivity contribution is 7.09. The quantitative estimate of drug-likeness (QED) is 0.640. The van der Waals surface area contributed by atoms with E-state index in [0.29, 0.717) is 24.6 Å². The molecule has 0 aliphatic heterocycles. The minimum absolute atomic E-state index is 0.203. The molecule has 20 heavy (non-hydrogen) atoms. The van der Waals surface area contributed by atoms with E-state index in [0.717, 1.165) is 24.1 Å². The topological polar surface area (TPSA) is 90.9 Å². The molecule has 108 valence electrons. The molecule has 0 aliphatic carbocycles. The summed E-state index contributed by atoms with van der Waals surface area (Å²) in [5, 5.41) is 21.6. The molecule has 0 radical (unpaired) electrons. The van der Waals surface area contributed by atoms with Crippen LogP contribution in [0.5, 0.6) is 0 Å². The fourth-order valence-electron chi connectivity index (χ4n) is 1.75. The second kappa shape index (κ2) is 7.76. The zero-order chi connectivity index (χ0) is 14.2. The number of unbranched alkanes of at least 4 members (excludes halogenated alkanes) is 2. The Kier molecular flexibility index (Phi) is 5.69. The van der Waals surface area contributed by atoms with Crippen LogP contribution < -0.4 is 10.9 Å². The first kappa shape index (κ1) is 14.7. The molecule has 0 saturated carbocycles. The minimum atomic E-state index is -0.203. The van der Waals surface area contributed by atoms with Crippen LogP contribution in [-0.4, -0.2) is 33.4 Å². The molecule has 2 aromatic rings. The number of nitrogens with one attached hydrogen (secondary N) is 2. The van der Waals surface area contributed by atoms with E-state index in [2.05, 4.69) is 20.5 Å². The van der Waals surface area contributed by atoms with Crippen LogP contribution >= 0.6 is 11.3 Å². The number of nitrogens with zero attached hydrogens (tertiary/aromatic N) is 2. The van der Waals surface area contributed by atoms with Crippen LogP contribution in [0, 0.1) is 0 Å². The summed E-state index contributed by atoms with van der Waals surface area (Å²) in [6, 6.07) is 3.92. The second-order valence-electron chi connectivity index (χ2n) is 4.42. The average Bonchev–Trinajstić information content (AvgIpc) is 2.94. The van der Waals surface area contributed by atoms with E-state index >= 15 is 0 Å². The molecule has 2 rings (SSSR count). The average molecular weight is 294 g/mol. The maximum Gasteiger partial charge on any atom is 0.274 e. The van der Waals surface area contributed by atoms with Crippen LogP contribution in [0.4, 0.5) is 5.95 Å². The second-order valence-corrected chi connectivity index (χ2v) is 5.45. The van der Waals surface area contributed by atoms with Gasteiger partial charge in [-0.1, -0.05) is 6.07 Å². The van der Waals surface area contributed by atoms with Crippen molar-refractivity contribution in [2.75, 3.05) is 18.5 Å². The summed E-state index contributed by atoms with van der Waals surface area (Å²) in [5.41, 5.74) is 0.226. The first-order valence-corrected chi connectivity index (χ1v) is 7.50. The largest absolute Gasteiger partial charge is 0.396 e. The van der Waals surface area contributed by atoms with Crippen molar-refractivity contribution in [3.05, 3.63) is 38.4 Å². The molecule has 0 aliphatic rings. The van der Waals surface area contributed by atoms with Gasteiger partial charge in [-0.05, 0) is 30.7 Å². The molecule has 6 nitrogen and oxygen atoms in total. The molecular weight excluding hydrogens is 276 g/mol. The number of H-pyrrole nitrogens is 1. The molecular formula is C13H18N4O2S. The van der Waals surface area contributed by atoms with Crippen molar-refractivity contribution in [2.24, 2.45) is 0 Å². The lowest BCUT2D eigenvalue weighted by molar-refractivity contribution is 0.283. The van der Waals surface area contributed by atoms with Gasteiger partial charge < -0.3 is 10.4 Å². The molecule has 2 aromatic heterocycles. The fourth-order valence-corrected chi connectivity index (χ4v) is 2.46. The first-order valence-electron chi connectivity index (χ1n) is 6.62.